The van der Waals surface area contributed by atoms with Gasteiger partial charge in [-0.25, -0.2) is 0 Å². The Balaban J connectivity index is 3.56. The maximum atomic E-state index is 11.2. The molecule has 0 aromatic heterocycles. The largest absolute Gasteiger partial charge is 0.344 e. The van der Waals surface area contributed by atoms with Gasteiger partial charge in [-0.2, -0.15) is 0 Å². The molecule has 0 spiro atoms. The maximum absolute atomic E-state index is 11.2. The van der Waals surface area contributed by atoms with Crippen LogP contribution in [0.25, 0.3) is 0 Å². The third kappa shape index (κ3) is 5.09. The van der Waals surface area contributed by atoms with Crippen molar-refractivity contribution in [2.24, 2.45) is 5.73 Å². The van der Waals surface area contributed by atoms with Crippen LogP contribution in [-0.2, 0) is 4.79 Å². The van der Waals surface area contributed by atoms with Crippen LogP contribution in [-0.4, -0.2) is 56.5 Å². The van der Waals surface area contributed by atoms with Crippen LogP contribution in [0.2, 0.25) is 0 Å². The van der Waals surface area contributed by atoms with Gasteiger partial charge in [0, 0.05) is 33.1 Å². The maximum Gasteiger partial charge on any atom is 0.223 e. The Hall–Kier alpha value is -0.610. The summed E-state index contributed by atoms with van der Waals surface area (Å²) in [7, 11) is 5.78. The first-order valence-corrected chi connectivity index (χ1v) is 4.16. The zero-order valence-electron chi connectivity index (χ0n) is 8.21. The number of amides is 1. The minimum atomic E-state index is 0.124. The van der Waals surface area contributed by atoms with E-state index in [1.165, 1.54) is 0 Å². The standard InChI is InChI=1S/C8H19N3O/c1-10(2)6-7-11(3)8(12)4-5-9/h4-7,9H2,1-3H3. The second-order valence-corrected chi connectivity index (χ2v) is 3.16. The van der Waals surface area contributed by atoms with Crippen molar-refractivity contribution in [2.45, 2.75) is 6.42 Å². The molecule has 0 saturated heterocycles. The molecule has 0 aliphatic heterocycles. The average Bonchev–Trinajstić information content (AvgIpc) is 2.00. The lowest BCUT2D eigenvalue weighted by atomic mass is 10.3. The van der Waals surface area contributed by atoms with Gasteiger partial charge in [0.15, 0.2) is 0 Å². The average molecular weight is 173 g/mol. The molecule has 0 atom stereocenters. The van der Waals surface area contributed by atoms with E-state index in [4.69, 9.17) is 5.73 Å². The summed E-state index contributed by atoms with van der Waals surface area (Å²) in [6.07, 6.45) is 0.448. The van der Waals surface area contributed by atoms with Gasteiger partial charge in [0.1, 0.15) is 0 Å². The number of likely N-dealkylation sites (N-methyl/N-ethyl adjacent to an activating group) is 2. The van der Waals surface area contributed by atoms with E-state index in [1.807, 2.05) is 26.0 Å². The summed E-state index contributed by atoms with van der Waals surface area (Å²) < 4.78 is 0. The van der Waals surface area contributed by atoms with Crippen LogP contribution >= 0.6 is 0 Å². The van der Waals surface area contributed by atoms with Crippen molar-refractivity contribution in [3.8, 4) is 0 Å². The van der Waals surface area contributed by atoms with Crippen LogP contribution < -0.4 is 5.73 Å². The van der Waals surface area contributed by atoms with Gasteiger partial charge in [-0.3, -0.25) is 4.79 Å². The topological polar surface area (TPSA) is 49.6 Å². The molecule has 0 aromatic rings. The molecule has 0 radical (unpaired) electrons. The Morgan fingerprint density at radius 1 is 1.25 bits per heavy atom. The third-order valence-corrected chi connectivity index (χ3v) is 1.67. The van der Waals surface area contributed by atoms with E-state index in [0.29, 0.717) is 13.0 Å². The minimum absolute atomic E-state index is 0.124. The van der Waals surface area contributed by atoms with E-state index in [9.17, 15) is 4.79 Å². The summed E-state index contributed by atoms with van der Waals surface area (Å²) >= 11 is 0. The lowest BCUT2D eigenvalue weighted by molar-refractivity contribution is -0.129. The SMILES string of the molecule is CN(C)CCN(C)C(=O)CCN. The molecule has 0 bridgehead atoms. The molecular weight excluding hydrogens is 154 g/mol. The normalized spacial score (nSPS) is 10.4. The summed E-state index contributed by atoms with van der Waals surface area (Å²) in [5.74, 6) is 0.124. The number of rotatable bonds is 5. The molecule has 0 fully saturated rings. The predicted octanol–water partition coefficient (Wildman–Crippen LogP) is -0.645. The van der Waals surface area contributed by atoms with E-state index < -0.39 is 0 Å². The highest BCUT2D eigenvalue weighted by atomic mass is 16.2. The summed E-state index contributed by atoms with van der Waals surface area (Å²) in [4.78, 5) is 14.9. The number of carbonyl (C=O) groups is 1. The molecule has 4 nitrogen and oxygen atoms in total. The third-order valence-electron chi connectivity index (χ3n) is 1.67. The summed E-state index contributed by atoms with van der Waals surface area (Å²) in [5.41, 5.74) is 5.27. The van der Waals surface area contributed by atoms with Crippen molar-refractivity contribution >= 4 is 5.91 Å². The first-order chi connectivity index (χ1) is 5.57. The van der Waals surface area contributed by atoms with Crippen molar-refractivity contribution in [2.75, 3.05) is 40.8 Å². The molecule has 0 aliphatic rings. The van der Waals surface area contributed by atoms with Crippen LogP contribution in [0, 0.1) is 0 Å². The molecule has 2 N–H and O–H groups in total. The molecular formula is C8H19N3O. The molecule has 4 heteroatoms. The monoisotopic (exact) mass is 173 g/mol. The Labute approximate surface area is 74.3 Å². The predicted molar refractivity (Wildman–Crippen MR) is 49.9 cm³/mol. The molecule has 72 valence electrons. The molecule has 0 unspecified atom stereocenters. The summed E-state index contributed by atoms with van der Waals surface area (Å²) in [6.45, 7) is 2.10. The number of carbonyl (C=O) groups excluding carboxylic acids is 1. The van der Waals surface area contributed by atoms with Crippen LogP contribution in [0.15, 0.2) is 0 Å². The van der Waals surface area contributed by atoms with Gasteiger partial charge in [-0.15, -0.1) is 0 Å². The Morgan fingerprint density at radius 3 is 2.25 bits per heavy atom. The highest BCUT2D eigenvalue weighted by Crippen LogP contribution is 1.89. The fourth-order valence-electron chi connectivity index (χ4n) is 0.789. The Kier molecular flexibility index (Phi) is 5.66. The van der Waals surface area contributed by atoms with E-state index in [1.54, 1.807) is 4.90 Å². The number of hydrogen-bond donors (Lipinski definition) is 1. The Bertz CT molecular complexity index is 136. The van der Waals surface area contributed by atoms with Crippen LogP contribution in [0.5, 0.6) is 0 Å². The quantitative estimate of drug-likeness (QED) is 0.601. The van der Waals surface area contributed by atoms with Crippen molar-refractivity contribution in [1.29, 1.82) is 0 Å². The number of hydrogen-bond acceptors (Lipinski definition) is 3. The molecule has 1 amide bonds. The van der Waals surface area contributed by atoms with Crippen molar-refractivity contribution in [3.63, 3.8) is 0 Å². The van der Waals surface area contributed by atoms with E-state index in [0.717, 1.165) is 13.1 Å². The first-order valence-electron chi connectivity index (χ1n) is 4.16. The van der Waals surface area contributed by atoms with E-state index in [-0.39, 0.29) is 5.91 Å². The van der Waals surface area contributed by atoms with E-state index in [2.05, 4.69) is 0 Å². The molecule has 0 rings (SSSR count). The lowest BCUT2D eigenvalue weighted by Gasteiger charge is -2.19. The summed E-state index contributed by atoms with van der Waals surface area (Å²) in [6, 6.07) is 0. The van der Waals surface area contributed by atoms with Gasteiger partial charge in [0.2, 0.25) is 5.91 Å². The molecule has 0 aromatic carbocycles. The second-order valence-electron chi connectivity index (χ2n) is 3.16. The molecule has 0 aliphatic carbocycles. The van der Waals surface area contributed by atoms with Gasteiger partial charge < -0.3 is 15.5 Å². The number of nitrogens with zero attached hydrogens (tertiary/aromatic N) is 2. The van der Waals surface area contributed by atoms with Crippen molar-refractivity contribution in [3.05, 3.63) is 0 Å². The van der Waals surface area contributed by atoms with Gasteiger partial charge >= 0.3 is 0 Å². The smallest absolute Gasteiger partial charge is 0.223 e. The molecule has 0 heterocycles. The highest BCUT2D eigenvalue weighted by Gasteiger charge is 2.06. The zero-order chi connectivity index (χ0) is 9.56. The van der Waals surface area contributed by atoms with Crippen molar-refractivity contribution in [1.82, 2.24) is 9.80 Å². The lowest BCUT2D eigenvalue weighted by Crippen LogP contribution is -2.34. The van der Waals surface area contributed by atoms with E-state index >= 15 is 0 Å². The van der Waals surface area contributed by atoms with Crippen molar-refractivity contribution < 1.29 is 4.79 Å². The zero-order valence-corrected chi connectivity index (χ0v) is 8.21. The van der Waals surface area contributed by atoms with Gasteiger partial charge in [-0.1, -0.05) is 0 Å². The van der Waals surface area contributed by atoms with Crippen LogP contribution in [0.3, 0.4) is 0 Å². The van der Waals surface area contributed by atoms with Gasteiger partial charge in [0.05, 0.1) is 0 Å². The van der Waals surface area contributed by atoms with Crippen LogP contribution in [0.1, 0.15) is 6.42 Å². The molecule has 0 saturated carbocycles. The van der Waals surface area contributed by atoms with Gasteiger partial charge in [0.25, 0.3) is 0 Å². The van der Waals surface area contributed by atoms with Gasteiger partial charge in [-0.05, 0) is 14.1 Å². The Morgan fingerprint density at radius 2 is 1.83 bits per heavy atom. The van der Waals surface area contributed by atoms with Crippen LogP contribution in [0.4, 0.5) is 0 Å². The summed E-state index contributed by atoms with van der Waals surface area (Å²) in [5, 5.41) is 0. The second kappa shape index (κ2) is 5.97. The first kappa shape index (κ1) is 11.4. The number of nitrogens with two attached hydrogens (primary N) is 1. The molecule has 12 heavy (non-hydrogen) atoms. The fraction of sp³-hybridized carbons (Fsp3) is 0.875. The fourth-order valence-corrected chi connectivity index (χ4v) is 0.789. The minimum Gasteiger partial charge on any atom is -0.344 e. The highest BCUT2D eigenvalue weighted by molar-refractivity contribution is 5.75.